The van der Waals surface area contributed by atoms with Crippen LogP contribution in [-0.4, -0.2) is 36.4 Å². The highest BCUT2D eigenvalue weighted by molar-refractivity contribution is 7.16. The first-order valence-corrected chi connectivity index (χ1v) is 8.85. The number of amides is 2. The van der Waals surface area contributed by atoms with Gasteiger partial charge < -0.3 is 15.0 Å². The van der Waals surface area contributed by atoms with Crippen LogP contribution in [0.3, 0.4) is 0 Å². The van der Waals surface area contributed by atoms with E-state index in [1.54, 1.807) is 29.2 Å². The van der Waals surface area contributed by atoms with Gasteiger partial charge in [0.15, 0.2) is 6.61 Å². The maximum absolute atomic E-state index is 12.3. The molecular weight excluding hydrogens is 360 g/mol. The van der Waals surface area contributed by atoms with Gasteiger partial charge in [-0.25, -0.2) is 0 Å². The number of carbonyl (C=O) groups excluding carboxylic acids is 2. The molecule has 0 aliphatic rings. The van der Waals surface area contributed by atoms with Crippen molar-refractivity contribution >= 4 is 34.8 Å². The predicted octanol–water partition coefficient (Wildman–Crippen LogP) is 3.11. The van der Waals surface area contributed by atoms with E-state index in [0.29, 0.717) is 23.2 Å². The highest BCUT2D eigenvalue weighted by atomic mass is 35.5. The van der Waals surface area contributed by atoms with Crippen molar-refractivity contribution in [3.05, 3.63) is 64.3 Å². The van der Waals surface area contributed by atoms with Crippen molar-refractivity contribution in [1.82, 2.24) is 10.2 Å². The molecule has 1 aromatic carbocycles. The fraction of sp³-hybridized carbons (Fsp3) is 0.222. The smallest absolute Gasteiger partial charge is 0.258 e. The average molecular weight is 379 g/mol. The van der Waals surface area contributed by atoms with Crippen LogP contribution in [0.25, 0.3) is 0 Å². The van der Waals surface area contributed by atoms with E-state index in [9.17, 15) is 9.59 Å². The summed E-state index contributed by atoms with van der Waals surface area (Å²) in [5.41, 5.74) is 0. The molecule has 2 aromatic rings. The Balaban J connectivity index is 1.79. The molecule has 7 heteroatoms. The summed E-state index contributed by atoms with van der Waals surface area (Å²) in [4.78, 5) is 26.7. The number of carbonyl (C=O) groups is 2. The van der Waals surface area contributed by atoms with Gasteiger partial charge in [-0.15, -0.1) is 17.9 Å². The minimum atomic E-state index is -0.352. The second kappa shape index (κ2) is 9.86. The number of halogens is 1. The number of rotatable bonds is 9. The van der Waals surface area contributed by atoms with Crippen LogP contribution < -0.4 is 10.1 Å². The molecule has 1 heterocycles. The standard InChI is InChI=1S/C18H19ClN2O3S/c1-2-10-21(12-15-8-9-16(19)25-15)18(23)11-20-17(22)13-24-14-6-4-3-5-7-14/h2-9H,1,10-13H2,(H,20,22). The quantitative estimate of drug-likeness (QED) is 0.682. The predicted molar refractivity (Wildman–Crippen MR) is 99.9 cm³/mol. The molecule has 0 aliphatic heterocycles. The lowest BCUT2D eigenvalue weighted by Crippen LogP contribution is -2.41. The second-order valence-electron chi connectivity index (χ2n) is 5.15. The van der Waals surface area contributed by atoms with Crippen LogP contribution in [0.5, 0.6) is 5.75 Å². The summed E-state index contributed by atoms with van der Waals surface area (Å²) in [5, 5.41) is 2.57. The number of hydrogen-bond donors (Lipinski definition) is 1. The molecule has 0 saturated carbocycles. The number of ether oxygens (including phenoxy) is 1. The average Bonchev–Trinajstić information content (AvgIpc) is 3.03. The van der Waals surface area contributed by atoms with Crippen molar-refractivity contribution in [1.29, 1.82) is 0 Å². The lowest BCUT2D eigenvalue weighted by molar-refractivity contribution is -0.133. The fourth-order valence-electron chi connectivity index (χ4n) is 2.04. The Morgan fingerprint density at radius 1 is 1.24 bits per heavy atom. The molecule has 0 unspecified atom stereocenters. The monoisotopic (exact) mass is 378 g/mol. The van der Waals surface area contributed by atoms with Gasteiger partial charge in [0.25, 0.3) is 5.91 Å². The molecule has 5 nitrogen and oxygen atoms in total. The molecule has 0 fully saturated rings. The molecular formula is C18H19ClN2O3S. The van der Waals surface area contributed by atoms with Crippen LogP contribution in [-0.2, 0) is 16.1 Å². The fourth-order valence-corrected chi connectivity index (χ4v) is 3.14. The van der Waals surface area contributed by atoms with E-state index in [2.05, 4.69) is 11.9 Å². The Hall–Kier alpha value is -2.31. The lowest BCUT2D eigenvalue weighted by atomic mass is 10.3. The van der Waals surface area contributed by atoms with E-state index in [-0.39, 0.29) is 25.0 Å². The molecule has 0 bridgehead atoms. The molecule has 0 atom stereocenters. The summed E-state index contributed by atoms with van der Waals surface area (Å²) < 4.78 is 6.01. The zero-order valence-corrected chi connectivity index (χ0v) is 15.2. The summed E-state index contributed by atoms with van der Waals surface area (Å²) in [6, 6.07) is 12.7. The van der Waals surface area contributed by atoms with Gasteiger partial charge in [-0.3, -0.25) is 9.59 Å². The zero-order chi connectivity index (χ0) is 18.1. The molecule has 2 amide bonds. The third-order valence-electron chi connectivity index (χ3n) is 3.23. The van der Waals surface area contributed by atoms with Gasteiger partial charge in [0.1, 0.15) is 5.75 Å². The number of para-hydroxylation sites is 1. The molecule has 1 aromatic heterocycles. The summed E-state index contributed by atoms with van der Waals surface area (Å²) in [6.45, 7) is 4.25. The Morgan fingerprint density at radius 3 is 2.64 bits per heavy atom. The summed E-state index contributed by atoms with van der Waals surface area (Å²) >= 11 is 7.33. The third-order valence-corrected chi connectivity index (χ3v) is 4.44. The van der Waals surface area contributed by atoms with Crippen molar-refractivity contribution in [3.63, 3.8) is 0 Å². The number of nitrogens with one attached hydrogen (secondary N) is 1. The van der Waals surface area contributed by atoms with Crippen LogP contribution in [0.1, 0.15) is 4.88 Å². The maximum Gasteiger partial charge on any atom is 0.258 e. The van der Waals surface area contributed by atoms with Gasteiger partial charge in [0, 0.05) is 11.4 Å². The Morgan fingerprint density at radius 2 is 2.00 bits per heavy atom. The normalized spacial score (nSPS) is 10.1. The van der Waals surface area contributed by atoms with Gasteiger partial charge in [-0.1, -0.05) is 35.9 Å². The highest BCUT2D eigenvalue weighted by Crippen LogP contribution is 2.22. The Bertz CT molecular complexity index is 718. The molecule has 25 heavy (non-hydrogen) atoms. The molecule has 1 N–H and O–H groups in total. The molecule has 2 rings (SSSR count). The van der Waals surface area contributed by atoms with Gasteiger partial charge in [-0.2, -0.15) is 0 Å². The van der Waals surface area contributed by atoms with Gasteiger partial charge >= 0.3 is 0 Å². The summed E-state index contributed by atoms with van der Waals surface area (Å²) in [7, 11) is 0. The largest absolute Gasteiger partial charge is 0.484 e. The first kappa shape index (κ1) is 19.0. The van der Waals surface area contributed by atoms with E-state index in [0.717, 1.165) is 4.88 Å². The highest BCUT2D eigenvalue weighted by Gasteiger charge is 2.15. The van der Waals surface area contributed by atoms with E-state index in [1.165, 1.54) is 11.3 Å². The lowest BCUT2D eigenvalue weighted by Gasteiger charge is -2.20. The number of hydrogen-bond acceptors (Lipinski definition) is 4. The van der Waals surface area contributed by atoms with Crippen molar-refractivity contribution < 1.29 is 14.3 Å². The molecule has 0 saturated heterocycles. The number of thiophene rings is 1. The van der Waals surface area contributed by atoms with E-state index >= 15 is 0 Å². The van der Waals surface area contributed by atoms with Crippen LogP contribution >= 0.6 is 22.9 Å². The van der Waals surface area contributed by atoms with Crippen LogP contribution in [0.4, 0.5) is 0 Å². The molecule has 0 radical (unpaired) electrons. The number of benzene rings is 1. The van der Waals surface area contributed by atoms with Crippen molar-refractivity contribution in [2.24, 2.45) is 0 Å². The first-order valence-electron chi connectivity index (χ1n) is 7.66. The third kappa shape index (κ3) is 6.60. The summed E-state index contributed by atoms with van der Waals surface area (Å²) in [5.74, 6) is 0.0549. The minimum absolute atomic E-state index is 0.0933. The maximum atomic E-state index is 12.3. The molecule has 0 spiro atoms. The second-order valence-corrected chi connectivity index (χ2v) is 6.95. The number of nitrogens with zero attached hydrogens (tertiary/aromatic N) is 1. The van der Waals surface area contributed by atoms with Gasteiger partial charge in [0.2, 0.25) is 5.91 Å². The Kier molecular flexibility index (Phi) is 7.50. The topological polar surface area (TPSA) is 58.6 Å². The zero-order valence-electron chi connectivity index (χ0n) is 13.6. The first-order chi connectivity index (χ1) is 12.1. The van der Waals surface area contributed by atoms with E-state index in [4.69, 9.17) is 16.3 Å². The summed E-state index contributed by atoms with van der Waals surface area (Å²) in [6.07, 6.45) is 1.65. The van der Waals surface area contributed by atoms with Crippen LogP contribution in [0, 0.1) is 0 Å². The van der Waals surface area contributed by atoms with E-state index in [1.807, 2.05) is 24.3 Å². The van der Waals surface area contributed by atoms with Crippen LogP contribution in [0.2, 0.25) is 4.34 Å². The minimum Gasteiger partial charge on any atom is -0.484 e. The van der Waals surface area contributed by atoms with Gasteiger partial charge in [-0.05, 0) is 24.3 Å². The van der Waals surface area contributed by atoms with Crippen molar-refractivity contribution in [3.8, 4) is 5.75 Å². The van der Waals surface area contributed by atoms with Crippen molar-refractivity contribution in [2.45, 2.75) is 6.54 Å². The van der Waals surface area contributed by atoms with E-state index < -0.39 is 0 Å². The molecule has 0 aliphatic carbocycles. The SMILES string of the molecule is C=CCN(Cc1ccc(Cl)s1)C(=O)CNC(=O)COc1ccccc1. The Labute approximate surface area is 155 Å². The van der Waals surface area contributed by atoms with Crippen LogP contribution in [0.15, 0.2) is 55.1 Å². The van der Waals surface area contributed by atoms with Gasteiger partial charge in [0.05, 0.1) is 17.4 Å². The van der Waals surface area contributed by atoms with Crippen molar-refractivity contribution in [2.75, 3.05) is 19.7 Å². The molecule has 132 valence electrons.